The Morgan fingerprint density at radius 1 is 1.16 bits per heavy atom. The number of aryl methyl sites for hydroxylation is 1. The third-order valence-electron chi connectivity index (χ3n) is 6.58. The molecule has 12 heteroatoms. The predicted molar refractivity (Wildman–Crippen MR) is 136 cm³/mol. The lowest BCUT2D eigenvalue weighted by Gasteiger charge is -2.16. The number of pyridine rings is 1. The van der Waals surface area contributed by atoms with Gasteiger partial charge in [0.15, 0.2) is 5.82 Å². The Hall–Kier alpha value is -4.74. The van der Waals surface area contributed by atoms with Gasteiger partial charge in [0.2, 0.25) is 5.88 Å². The van der Waals surface area contributed by atoms with E-state index in [-0.39, 0.29) is 6.04 Å². The predicted octanol–water partition coefficient (Wildman–Crippen LogP) is 3.50. The number of anilines is 2. The lowest BCUT2D eigenvalue weighted by atomic mass is 10.2. The van der Waals surface area contributed by atoms with Crippen LogP contribution in [0.2, 0.25) is 0 Å². The normalized spacial score (nSPS) is 15.1. The van der Waals surface area contributed by atoms with Gasteiger partial charge in [-0.3, -0.25) is 4.68 Å². The summed E-state index contributed by atoms with van der Waals surface area (Å²) in [7, 11) is 5.02. The van der Waals surface area contributed by atoms with E-state index < -0.39 is 5.97 Å². The fourth-order valence-electron chi connectivity index (χ4n) is 4.57. The molecular weight excluding hydrogens is 474 g/mol. The summed E-state index contributed by atoms with van der Waals surface area (Å²) in [5.74, 6) is 1.92. The Morgan fingerprint density at radius 2 is 2.03 bits per heavy atom. The largest absolute Gasteiger partial charge is 0.477 e. The van der Waals surface area contributed by atoms with Crippen LogP contribution in [0.3, 0.4) is 0 Å². The molecule has 0 amide bonds. The highest BCUT2D eigenvalue weighted by molar-refractivity contribution is 5.95. The minimum atomic E-state index is -0.406. The van der Waals surface area contributed by atoms with Crippen molar-refractivity contribution in [1.82, 2.24) is 39.1 Å². The van der Waals surface area contributed by atoms with E-state index in [2.05, 4.69) is 32.3 Å². The summed E-state index contributed by atoms with van der Waals surface area (Å²) < 4.78 is 16.5. The summed E-state index contributed by atoms with van der Waals surface area (Å²) in [6.45, 7) is 2.54. The van der Waals surface area contributed by atoms with Gasteiger partial charge in [-0.05, 0) is 25.1 Å². The first kappa shape index (κ1) is 22.7. The van der Waals surface area contributed by atoms with Gasteiger partial charge in [0.1, 0.15) is 28.6 Å². The third-order valence-corrected chi connectivity index (χ3v) is 6.58. The fraction of sp³-hybridized carbons (Fsp3) is 0.280. The zero-order chi connectivity index (χ0) is 25.7. The monoisotopic (exact) mass is 499 g/mol. The van der Waals surface area contributed by atoms with Gasteiger partial charge in [-0.25, -0.2) is 24.4 Å². The van der Waals surface area contributed by atoms with Crippen LogP contribution in [0.4, 0.5) is 11.6 Å². The molecular formula is C25H25N9O3. The second-order valence-electron chi connectivity index (χ2n) is 8.90. The standard InChI is InChI=1S/C25H25N9O3/c1-14-8-10-37-24-16(13-28-33(24)3)23-26-9-7-20(30-23)29-21-11-19-15(12-27-21)22(31-34(14)19)17-5-6-18(32(17)2)25(35)36-4/h5-7,9,11-14H,8,10H2,1-4H3,(H,26,27,29,30)/t14-/m0/s1. The minimum Gasteiger partial charge on any atom is -0.477 e. The van der Waals surface area contributed by atoms with E-state index in [4.69, 9.17) is 14.6 Å². The van der Waals surface area contributed by atoms with Crippen LogP contribution < -0.4 is 10.1 Å². The number of hydrogen-bond acceptors (Lipinski definition) is 9. The van der Waals surface area contributed by atoms with Gasteiger partial charge in [0, 0.05) is 44.4 Å². The van der Waals surface area contributed by atoms with Crippen molar-refractivity contribution in [3.63, 3.8) is 0 Å². The van der Waals surface area contributed by atoms with E-state index >= 15 is 0 Å². The van der Waals surface area contributed by atoms with Gasteiger partial charge in [0.25, 0.3) is 0 Å². The average molecular weight is 500 g/mol. The molecule has 0 radical (unpaired) electrons. The minimum absolute atomic E-state index is 0.000501. The molecule has 6 rings (SSSR count). The van der Waals surface area contributed by atoms with Crippen LogP contribution in [-0.4, -0.2) is 58.8 Å². The molecule has 0 fully saturated rings. The smallest absolute Gasteiger partial charge is 0.354 e. The van der Waals surface area contributed by atoms with Crippen LogP contribution in [0.1, 0.15) is 29.9 Å². The molecule has 0 unspecified atom stereocenters. The number of hydrogen-bond donors (Lipinski definition) is 1. The van der Waals surface area contributed by atoms with Gasteiger partial charge in [-0.1, -0.05) is 0 Å². The molecule has 0 saturated heterocycles. The second kappa shape index (κ2) is 8.73. The lowest BCUT2D eigenvalue weighted by Crippen LogP contribution is -2.13. The zero-order valence-corrected chi connectivity index (χ0v) is 20.8. The van der Waals surface area contributed by atoms with Crippen LogP contribution in [0.5, 0.6) is 5.88 Å². The van der Waals surface area contributed by atoms with Crippen molar-refractivity contribution in [2.45, 2.75) is 19.4 Å². The molecule has 0 saturated carbocycles. The maximum Gasteiger partial charge on any atom is 0.354 e. The number of esters is 1. The number of carbonyl (C=O) groups is 1. The van der Waals surface area contributed by atoms with Crippen LogP contribution in [-0.2, 0) is 18.8 Å². The number of rotatable bonds is 2. The number of ether oxygens (including phenoxy) is 2. The first-order valence-electron chi connectivity index (χ1n) is 11.8. The number of nitrogens with one attached hydrogen (secondary N) is 1. The topological polar surface area (TPSA) is 127 Å². The highest BCUT2D eigenvalue weighted by Crippen LogP contribution is 2.34. The van der Waals surface area contributed by atoms with E-state index in [9.17, 15) is 4.79 Å². The second-order valence-corrected chi connectivity index (χ2v) is 8.90. The van der Waals surface area contributed by atoms with Crippen LogP contribution in [0.25, 0.3) is 33.7 Å². The number of methoxy groups -OCH3 is 1. The third kappa shape index (κ3) is 3.77. The summed E-state index contributed by atoms with van der Waals surface area (Å²) in [5, 5.41) is 13.5. The molecule has 1 aliphatic rings. The van der Waals surface area contributed by atoms with Gasteiger partial charge < -0.3 is 19.4 Å². The summed E-state index contributed by atoms with van der Waals surface area (Å²) in [4.78, 5) is 25.9. The fourth-order valence-corrected chi connectivity index (χ4v) is 4.57. The van der Waals surface area contributed by atoms with Crippen molar-refractivity contribution >= 4 is 28.5 Å². The molecule has 37 heavy (non-hydrogen) atoms. The van der Waals surface area contributed by atoms with Crippen molar-refractivity contribution in [1.29, 1.82) is 0 Å². The Morgan fingerprint density at radius 3 is 2.86 bits per heavy atom. The van der Waals surface area contributed by atoms with Crippen LogP contribution in [0.15, 0.2) is 42.9 Å². The zero-order valence-electron chi connectivity index (χ0n) is 20.8. The Balaban J connectivity index is 1.49. The molecule has 0 spiro atoms. The van der Waals surface area contributed by atoms with Crippen LogP contribution in [0, 0.1) is 0 Å². The Bertz CT molecular complexity index is 1650. The van der Waals surface area contributed by atoms with Crippen molar-refractivity contribution in [2.24, 2.45) is 14.1 Å². The highest BCUT2D eigenvalue weighted by atomic mass is 16.5. The molecule has 12 nitrogen and oxygen atoms in total. The van der Waals surface area contributed by atoms with E-state index in [0.29, 0.717) is 47.6 Å². The average Bonchev–Trinajstić information content (AvgIpc) is 3.58. The number of carbonyl (C=O) groups excluding carboxylic acids is 1. The molecule has 188 valence electrons. The van der Waals surface area contributed by atoms with Crippen molar-refractivity contribution in [3.05, 3.63) is 48.5 Å². The van der Waals surface area contributed by atoms with E-state index in [0.717, 1.165) is 22.3 Å². The summed E-state index contributed by atoms with van der Waals surface area (Å²) in [5.41, 5.74) is 3.56. The molecule has 4 bridgehead atoms. The SMILES string of the molecule is COC(=O)c1ccc(-c2nn3c4cc(ncc24)Nc2ccnc(n2)-c2cnn(C)c2OCC[C@@H]3C)n1C. The molecule has 1 atom stereocenters. The van der Waals surface area contributed by atoms with Gasteiger partial charge in [-0.2, -0.15) is 10.2 Å². The van der Waals surface area contributed by atoms with Crippen molar-refractivity contribution in [3.8, 4) is 28.7 Å². The van der Waals surface area contributed by atoms with Crippen molar-refractivity contribution in [2.75, 3.05) is 19.0 Å². The Kier molecular flexibility index (Phi) is 5.36. The van der Waals surface area contributed by atoms with E-state index in [1.165, 1.54) is 7.11 Å². The van der Waals surface area contributed by atoms with Crippen LogP contribution >= 0.6 is 0 Å². The molecule has 6 heterocycles. The maximum atomic E-state index is 12.2. The summed E-state index contributed by atoms with van der Waals surface area (Å²) >= 11 is 0. The quantitative estimate of drug-likeness (QED) is 0.363. The molecule has 0 aliphatic carbocycles. The summed E-state index contributed by atoms with van der Waals surface area (Å²) in [6, 6.07) is 7.34. The number of fused-ring (bicyclic) bond motifs is 5. The first-order chi connectivity index (χ1) is 17.9. The molecule has 5 aromatic rings. The lowest BCUT2D eigenvalue weighted by molar-refractivity contribution is 0.0590. The first-order valence-corrected chi connectivity index (χ1v) is 11.8. The van der Waals surface area contributed by atoms with Crippen molar-refractivity contribution < 1.29 is 14.3 Å². The van der Waals surface area contributed by atoms with Gasteiger partial charge in [-0.15, -0.1) is 0 Å². The molecule has 0 aromatic carbocycles. The molecule has 1 aliphatic heterocycles. The Labute approximate surface area is 211 Å². The number of nitrogens with zero attached hydrogens (tertiary/aromatic N) is 8. The number of aromatic nitrogens is 8. The maximum absolute atomic E-state index is 12.2. The summed E-state index contributed by atoms with van der Waals surface area (Å²) in [6.07, 6.45) is 5.87. The van der Waals surface area contributed by atoms with Gasteiger partial charge in [0.05, 0.1) is 37.2 Å². The van der Waals surface area contributed by atoms with E-state index in [1.54, 1.807) is 40.0 Å². The molecule has 5 aromatic heterocycles. The molecule has 1 N–H and O–H groups in total. The highest BCUT2D eigenvalue weighted by Gasteiger charge is 2.23. The van der Waals surface area contributed by atoms with E-state index in [1.807, 2.05) is 30.9 Å². The van der Waals surface area contributed by atoms with Gasteiger partial charge >= 0.3 is 5.97 Å².